The molecule has 4 heterocycles. The maximum Gasteiger partial charge on any atom is 0.254 e. The monoisotopic (exact) mass is 590 g/mol. The van der Waals surface area contributed by atoms with Crippen LogP contribution in [0, 0.1) is 6.92 Å². The van der Waals surface area contributed by atoms with E-state index in [1.54, 1.807) is 41.9 Å². The van der Waals surface area contributed by atoms with Gasteiger partial charge < -0.3 is 20.0 Å². The molecule has 0 aliphatic carbocycles. The number of rotatable bonds is 11. The van der Waals surface area contributed by atoms with E-state index in [0.717, 1.165) is 29.1 Å². The quantitative estimate of drug-likeness (QED) is 0.219. The number of nitrogens with zero attached hydrogens (tertiary/aromatic N) is 4. The Labute approximate surface area is 248 Å². The fraction of sp³-hybridized carbons (Fsp3) is 0.387. The van der Waals surface area contributed by atoms with Crippen LogP contribution in [0.15, 0.2) is 58.9 Å². The van der Waals surface area contributed by atoms with Crippen molar-refractivity contribution in [3.63, 3.8) is 0 Å². The van der Waals surface area contributed by atoms with Gasteiger partial charge in [-0.15, -0.1) is 11.3 Å². The molecule has 2 amide bonds. The molecule has 1 fully saturated rings. The molecule has 2 N–H and O–H groups in total. The van der Waals surface area contributed by atoms with Crippen molar-refractivity contribution in [1.29, 1.82) is 0 Å². The predicted octanol–water partition coefficient (Wildman–Crippen LogP) is 5.59. The minimum absolute atomic E-state index is 0.0758. The number of carbonyl (C=O) groups excluding carboxylic acids is 2. The van der Waals surface area contributed by atoms with E-state index in [9.17, 15) is 14.0 Å². The van der Waals surface area contributed by atoms with Gasteiger partial charge in [-0.3, -0.25) is 14.6 Å². The summed E-state index contributed by atoms with van der Waals surface area (Å²) >= 11 is 1.57. The largest absolute Gasteiger partial charge is 0.445 e. The first-order valence-electron chi connectivity index (χ1n) is 14.1. The number of pyridine rings is 1. The van der Waals surface area contributed by atoms with Gasteiger partial charge in [0.1, 0.15) is 16.9 Å². The van der Waals surface area contributed by atoms with Gasteiger partial charge in [-0.2, -0.15) is 0 Å². The number of benzene rings is 1. The van der Waals surface area contributed by atoms with E-state index in [-0.39, 0.29) is 17.9 Å². The maximum atomic E-state index is 14.2. The Hall–Kier alpha value is -3.96. The van der Waals surface area contributed by atoms with Crippen LogP contribution >= 0.6 is 11.3 Å². The summed E-state index contributed by atoms with van der Waals surface area (Å²) in [6, 6.07) is 6.79. The zero-order valence-electron chi connectivity index (χ0n) is 24.0. The van der Waals surface area contributed by atoms with Gasteiger partial charge in [-0.1, -0.05) is 0 Å². The number of carbonyl (C=O) groups is 2. The van der Waals surface area contributed by atoms with Gasteiger partial charge in [0.25, 0.3) is 11.8 Å². The second-order valence-corrected chi connectivity index (χ2v) is 11.9. The van der Waals surface area contributed by atoms with Crippen molar-refractivity contribution in [2.75, 3.05) is 19.6 Å². The van der Waals surface area contributed by atoms with E-state index in [1.165, 1.54) is 26.3 Å². The highest BCUT2D eigenvalue weighted by atomic mass is 32.1. The van der Waals surface area contributed by atoms with Gasteiger partial charge >= 0.3 is 0 Å². The normalized spacial score (nSPS) is 15.2. The first-order chi connectivity index (χ1) is 20.2. The Morgan fingerprint density at radius 1 is 1.17 bits per heavy atom. The molecule has 3 aromatic heterocycles. The number of aryl methyl sites for hydroxylation is 1. The molecule has 0 bridgehead atoms. The van der Waals surface area contributed by atoms with Crippen LogP contribution in [-0.2, 0) is 12.2 Å². The topological polar surface area (TPSA) is 113 Å². The number of aromatic nitrogens is 3. The van der Waals surface area contributed by atoms with Crippen molar-refractivity contribution in [3.8, 4) is 11.5 Å². The number of likely N-dealkylation sites (tertiary alicyclic amines) is 1. The van der Waals surface area contributed by atoms with Gasteiger partial charge in [0, 0.05) is 65.4 Å². The molecule has 1 saturated heterocycles. The molecule has 5 rings (SSSR count). The Kier molecular flexibility index (Phi) is 9.08. The first-order valence-corrected chi connectivity index (χ1v) is 15.0. The molecule has 1 unspecified atom stereocenters. The number of nitrogens with one attached hydrogen (secondary N) is 2. The number of oxazole rings is 1. The molecule has 1 aromatic carbocycles. The van der Waals surface area contributed by atoms with Crippen molar-refractivity contribution in [3.05, 3.63) is 87.5 Å². The van der Waals surface area contributed by atoms with Crippen molar-refractivity contribution in [2.45, 2.75) is 58.3 Å². The van der Waals surface area contributed by atoms with E-state index in [2.05, 4.69) is 25.6 Å². The van der Waals surface area contributed by atoms with E-state index < -0.39 is 5.67 Å². The maximum absolute atomic E-state index is 14.2. The van der Waals surface area contributed by atoms with E-state index >= 15 is 0 Å². The number of alkyl halides is 1. The molecule has 42 heavy (non-hydrogen) atoms. The Morgan fingerprint density at radius 3 is 2.74 bits per heavy atom. The lowest BCUT2D eigenvalue weighted by Crippen LogP contribution is -2.31. The van der Waals surface area contributed by atoms with Crippen molar-refractivity contribution < 1.29 is 18.4 Å². The molecular formula is C31H35FN6O3S. The molecular weight excluding hydrogens is 555 g/mol. The minimum atomic E-state index is -1.45. The van der Waals surface area contributed by atoms with Crippen molar-refractivity contribution in [1.82, 2.24) is 30.5 Å². The summed E-state index contributed by atoms with van der Waals surface area (Å²) in [4.78, 5) is 41.8. The third-order valence-electron chi connectivity index (χ3n) is 7.18. The number of hydrogen-bond donors (Lipinski definition) is 2. The summed E-state index contributed by atoms with van der Waals surface area (Å²) < 4.78 is 19.7. The average molecular weight is 591 g/mol. The average Bonchev–Trinajstić information content (AvgIpc) is 3.76. The lowest BCUT2D eigenvalue weighted by atomic mass is 10.0. The second kappa shape index (κ2) is 12.9. The fourth-order valence-electron chi connectivity index (χ4n) is 4.99. The lowest BCUT2D eigenvalue weighted by molar-refractivity contribution is 0.0735. The number of thiazole rings is 1. The molecule has 0 radical (unpaired) electrons. The molecule has 9 nitrogen and oxygen atoms in total. The van der Waals surface area contributed by atoms with Crippen LogP contribution in [0.4, 0.5) is 4.39 Å². The molecule has 4 aromatic rings. The smallest absolute Gasteiger partial charge is 0.254 e. The molecule has 1 aliphatic rings. The van der Waals surface area contributed by atoms with Crippen LogP contribution in [0.3, 0.4) is 0 Å². The van der Waals surface area contributed by atoms with E-state index in [1.807, 2.05) is 23.3 Å². The van der Waals surface area contributed by atoms with Gasteiger partial charge in [0.2, 0.25) is 5.89 Å². The van der Waals surface area contributed by atoms with Crippen LogP contribution in [0.1, 0.15) is 81.7 Å². The zero-order chi connectivity index (χ0) is 29.7. The number of halogens is 1. The van der Waals surface area contributed by atoms with Gasteiger partial charge in [0.15, 0.2) is 0 Å². The number of amides is 2. The van der Waals surface area contributed by atoms with Crippen LogP contribution in [-0.4, -0.2) is 51.3 Å². The summed E-state index contributed by atoms with van der Waals surface area (Å²) in [6.07, 6.45) is 8.68. The molecule has 1 atom stereocenters. The van der Waals surface area contributed by atoms with Crippen LogP contribution < -0.4 is 10.6 Å². The summed E-state index contributed by atoms with van der Waals surface area (Å²) in [6.45, 7) is 7.24. The van der Waals surface area contributed by atoms with Gasteiger partial charge in [-0.05, 0) is 76.4 Å². The van der Waals surface area contributed by atoms with E-state index in [0.29, 0.717) is 60.7 Å². The summed E-state index contributed by atoms with van der Waals surface area (Å²) in [5.41, 5.74) is 2.26. The molecule has 0 spiro atoms. The van der Waals surface area contributed by atoms with Crippen LogP contribution in [0.5, 0.6) is 0 Å². The Bertz CT molecular complexity index is 1530. The first kappa shape index (κ1) is 29.5. The van der Waals surface area contributed by atoms with E-state index in [4.69, 9.17) is 4.42 Å². The van der Waals surface area contributed by atoms with Crippen LogP contribution in [0.25, 0.3) is 11.5 Å². The zero-order valence-corrected chi connectivity index (χ0v) is 24.8. The highest BCUT2D eigenvalue weighted by molar-refractivity contribution is 7.09. The van der Waals surface area contributed by atoms with Gasteiger partial charge in [0.05, 0.1) is 12.2 Å². The highest BCUT2D eigenvalue weighted by Gasteiger charge is 2.33. The standard InChI is InChI=1S/C31H35FN6O3S/c1-20-19-42-29(37-20)26-6-4-10-38(26)30(40)24-14-22(13-23(15-24)28-36-9-11-41-28)27(39)35-8-5-7-33-16-21-12-25(18-34-17-21)31(2,3)32/h9,11-15,17-19,26,33H,4-8,10,16H2,1-3H3,(H,35,39). The predicted molar refractivity (Wildman–Crippen MR) is 159 cm³/mol. The summed E-state index contributed by atoms with van der Waals surface area (Å²) in [5, 5.41) is 9.19. The molecule has 220 valence electrons. The Balaban J connectivity index is 1.22. The summed E-state index contributed by atoms with van der Waals surface area (Å²) in [5.74, 6) is -0.0918. The third kappa shape index (κ3) is 7.08. The molecule has 11 heteroatoms. The second-order valence-electron chi connectivity index (χ2n) is 11.0. The SMILES string of the molecule is Cc1csc(C2CCCN2C(=O)c2cc(C(=O)NCCCNCc3cncc(C(C)(C)F)c3)cc(-c3ncco3)c2)n1. The molecule has 1 aliphatic heterocycles. The molecule has 0 saturated carbocycles. The third-order valence-corrected chi connectivity index (χ3v) is 8.25. The van der Waals surface area contributed by atoms with Crippen molar-refractivity contribution in [2.24, 2.45) is 0 Å². The lowest BCUT2D eigenvalue weighted by Gasteiger charge is -2.23. The fourth-order valence-corrected chi connectivity index (χ4v) is 5.93. The van der Waals surface area contributed by atoms with Crippen LogP contribution in [0.2, 0.25) is 0 Å². The highest BCUT2D eigenvalue weighted by Crippen LogP contribution is 2.35. The minimum Gasteiger partial charge on any atom is -0.445 e. The van der Waals surface area contributed by atoms with Crippen molar-refractivity contribution >= 4 is 23.2 Å². The number of hydrogen-bond acceptors (Lipinski definition) is 8. The van der Waals surface area contributed by atoms with Gasteiger partial charge in [-0.25, -0.2) is 14.4 Å². The Morgan fingerprint density at radius 2 is 2.00 bits per heavy atom. The summed E-state index contributed by atoms with van der Waals surface area (Å²) in [7, 11) is 0.